The average Bonchev–Trinajstić information content (AvgIpc) is 3.40. The fraction of sp³-hybridized carbons (Fsp3) is 0.476. The molecular formula is C42H49F3N8O5S. The van der Waals surface area contributed by atoms with E-state index in [1.165, 1.54) is 0 Å². The number of benzene rings is 2. The molecule has 5 N–H and O–H groups in total. The number of rotatable bonds is 12. The van der Waals surface area contributed by atoms with Crippen LogP contribution in [-0.2, 0) is 31.8 Å². The van der Waals surface area contributed by atoms with Crippen LogP contribution < -0.4 is 36.2 Å². The Kier molecular flexibility index (Phi) is 11.6. The Hall–Kier alpha value is -5.29. The number of carbonyl (C=O) groups is 4. The third-order valence-corrected chi connectivity index (χ3v) is 12.4. The number of aryl methyl sites for hydroxylation is 1. The Bertz CT molecular complexity index is 2160. The molecule has 1 spiro atoms. The van der Waals surface area contributed by atoms with E-state index in [0.717, 1.165) is 60.7 Å². The molecule has 1 aromatic heterocycles. The van der Waals surface area contributed by atoms with E-state index in [-0.39, 0.29) is 52.9 Å². The molecule has 59 heavy (non-hydrogen) atoms. The van der Waals surface area contributed by atoms with Crippen LogP contribution in [0.1, 0.15) is 83.3 Å². The van der Waals surface area contributed by atoms with E-state index in [1.54, 1.807) is 23.1 Å². The van der Waals surface area contributed by atoms with Gasteiger partial charge in [0.05, 0.1) is 30.6 Å². The minimum atomic E-state index is -4.75. The third kappa shape index (κ3) is 8.58. The molecule has 0 bridgehead atoms. The highest BCUT2D eigenvalue weighted by Crippen LogP contribution is 2.49. The van der Waals surface area contributed by atoms with Crippen molar-refractivity contribution in [3.05, 3.63) is 65.9 Å². The number of amides is 4. The van der Waals surface area contributed by atoms with Gasteiger partial charge in [-0.1, -0.05) is 13.0 Å². The predicted octanol–water partition coefficient (Wildman–Crippen LogP) is 6.42. The molecule has 3 aliphatic heterocycles. The molecule has 4 amide bonds. The van der Waals surface area contributed by atoms with Gasteiger partial charge in [-0.15, -0.1) is 0 Å². The van der Waals surface area contributed by atoms with Crippen molar-refractivity contribution in [3.8, 4) is 5.75 Å². The second kappa shape index (κ2) is 16.4. The van der Waals surface area contributed by atoms with Crippen LogP contribution in [0.15, 0.2) is 54.7 Å². The minimum absolute atomic E-state index is 0.0767. The predicted molar refractivity (Wildman–Crippen MR) is 222 cm³/mol. The molecule has 1 saturated carbocycles. The van der Waals surface area contributed by atoms with E-state index in [0.29, 0.717) is 55.3 Å². The summed E-state index contributed by atoms with van der Waals surface area (Å²) in [6, 6.07) is 13.1. The largest absolute Gasteiger partial charge is 0.493 e. The summed E-state index contributed by atoms with van der Waals surface area (Å²) in [6.07, 6.45) is 2.10. The van der Waals surface area contributed by atoms with E-state index in [2.05, 4.69) is 39.7 Å². The molecule has 2 atom stereocenters. The molecule has 13 nitrogen and oxygen atoms in total. The lowest BCUT2D eigenvalue weighted by Crippen LogP contribution is -2.55. The quantitative estimate of drug-likeness (QED) is 0.118. The number of nitrogens with one attached hydrogen (secondary N) is 3. The van der Waals surface area contributed by atoms with Crippen LogP contribution in [0, 0.1) is 5.92 Å². The van der Waals surface area contributed by atoms with Gasteiger partial charge in [0.25, 0.3) is 5.91 Å². The Morgan fingerprint density at radius 3 is 2.51 bits per heavy atom. The number of nitrogens with zero attached hydrogens (tertiary/aromatic N) is 4. The van der Waals surface area contributed by atoms with Gasteiger partial charge < -0.3 is 26.0 Å². The smallest absolute Gasteiger partial charge is 0.420 e. The van der Waals surface area contributed by atoms with E-state index in [9.17, 15) is 32.3 Å². The Labute approximate surface area is 346 Å². The Morgan fingerprint density at radius 2 is 1.83 bits per heavy atom. The second-order valence-electron chi connectivity index (χ2n) is 16.4. The normalized spacial score (nSPS) is 21.7. The lowest BCUT2D eigenvalue weighted by molar-refractivity contribution is -0.137. The lowest BCUT2D eigenvalue weighted by Gasteiger charge is -2.45. The molecule has 1 aliphatic carbocycles. The Morgan fingerprint density at radius 1 is 1.07 bits per heavy atom. The number of carbonyl (C=O) groups excluding carboxylic acids is 4. The number of aromatic nitrogens is 1. The van der Waals surface area contributed by atoms with E-state index >= 15 is 0 Å². The molecule has 3 aromatic rings. The Balaban J connectivity index is 0.935. The zero-order chi connectivity index (χ0) is 42.3. The summed E-state index contributed by atoms with van der Waals surface area (Å²) in [5, 5.41) is 8.56. The monoisotopic (exact) mass is 834 g/mol. The number of anilines is 5. The SMILES string of the molecule is CCc1cc(N2C(=S)N(c3cnc(N)c(C(F)(F)F)c3)C(=O)C23CCC3)ccc1OCCC1CCN(CC(=O)Nc2cccc(NC3CCC(=O)NC3=O)c2)C(C)(C)C1. The zero-order valence-corrected chi connectivity index (χ0v) is 34.1. The number of imide groups is 1. The fourth-order valence-electron chi connectivity index (χ4n) is 8.69. The van der Waals surface area contributed by atoms with Crippen molar-refractivity contribution in [2.45, 2.75) is 102 Å². The van der Waals surface area contributed by atoms with E-state index in [4.69, 9.17) is 22.7 Å². The summed E-state index contributed by atoms with van der Waals surface area (Å²) in [5.74, 6) is -0.738. The second-order valence-corrected chi connectivity index (χ2v) is 16.8. The number of nitrogen functional groups attached to an aromatic ring is 1. The van der Waals surface area contributed by atoms with E-state index in [1.807, 2.05) is 31.2 Å². The average molecular weight is 835 g/mol. The molecule has 4 heterocycles. The van der Waals surface area contributed by atoms with Gasteiger partial charge in [-0.2, -0.15) is 13.2 Å². The van der Waals surface area contributed by atoms with Crippen LogP contribution >= 0.6 is 12.2 Å². The highest BCUT2D eigenvalue weighted by molar-refractivity contribution is 7.81. The molecule has 2 aromatic carbocycles. The summed E-state index contributed by atoms with van der Waals surface area (Å²) in [4.78, 5) is 59.7. The summed E-state index contributed by atoms with van der Waals surface area (Å²) < 4.78 is 47.5. The summed E-state index contributed by atoms with van der Waals surface area (Å²) in [7, 11) is 0. The van der Waals surface area contributed by atoms with Gasteiger partial charge in [0, 0.05) is 29.0 Å². The van der Waals surface area contributed by atoms with Crippen molar-refractivity contribution in [1.82, 2.24) is 15.2 Å². The third-order valence-electron chi connectivity index (χ3n) is 12.0. The topological polar surface area (TPSA) is 162 Å². The first-order chi connectivity index (χ1) is 28.0. The van der Waals surface area contributed by atoms with Crippen molar-refractivity contribution in [3.63, 3.8) is 0 Å². The number of alkyl halides is 3. The van der Waals surface area contributed by atoms with Crippen LogP contribution in [0.4, 0.5) is 41.7 Å². The molecule has 314 valence electrons. The maximum Gasteiger partial charge on any atom is 0.420 e. The van der Waals surface area contributed by atoms with Crippen LogP contribution in [0.3, 0.4) is 0 Å². The number of piperidine rings is 2. The van der Waals surface area contributed by atoms with Crippen LogP contribution in [0.2, 0.25) is 0 Å². The molecular weight excluding hydrogens is 786 g/mol. The highest BCUT2D eigenvalue weighted by atomic mass is 32.1. The number of ether oxygens (including phenoxy) is 1. The number of pyridine rings is 1. The van der Waals surface area contributed by atoms with Crippen molar-refractivity contribution in [2.75, 3.05) is 45.9 Å². The zero-order valence-electron chi connectivity index (χ0n) is 33.3. The van der Waals surface area contributed by atoms with Crippen LogP contribution in [0.5, 0.6) is 5.75 Å². The number of nitrogens with two attached hydrogens (primary N) is 1. The first-order valence-electron chi connectivity index (χ1n) is 20.0. The van der Waals surface area contributed by atoms with Gasteiger partial charge in [-0.25, -0.2) is 4.98 Å². The van der Waals surface area contributed by atoms with Crippen molar-refractivity contribution < 1.29 is 37.1 Å². The van der Waals surface area contributed by atoms with E-state index < -0.39 is 29.1 Å². The van der Waals surface area contributed by atoms with Crippen LogP contribution in [-0.4, -0.2) is 75.4 Å². The van der Waals surface area contributed by atoms with Crippen molar-refractivity contribution in [1.29, 1.82) is 0 Å². The molecule has 4 fully saturated rings. The first kappa shape index (κ1) is 41.9. The number of thiocarbonyl (C=S) groups is 1. The van der Waals surface area contributed by atoms with Gasteiger partial charge in [0.1, 0.15) is 23.1 Å². The first-order valence-corrected chi connectivity index (χ1v) is 20.4. The minimum Gasteiger partial charge on any atom is -0.493 e. The van der Waals surface area contributed by atoms with Crippen LogP contribution in [0.25, 0.3) is 0 Å². The number of likely N-dealkylation sites (tertiary alicyclic amines) is 1. The molecule has 7 rings (SSSR count). The molecule has 17 heteroatoms. The standard InChI is InChI=1S/C42H49F3N8O5S/c1-4-26-19-29(53-39(59)52(38(57)41(53)15-6-16-41)30-21-31(42(43,44)45)36(46)47-23-30)9-11-33(26)58-18-14-25-13-17-51(40(2,3)22-25)24-35(55)49-28-8-5-7-27(20-28)48-32-10-12-34(54)50-37(32)56/h5,7-9,11,19-21,23,25,32,48H,4,6,10,12-18,22,24H2,1-3H3,(H2,46,47)(H,49,55)(H,50,54,56). The maximum atomic E-state index is 13.9. The van der Waals surface area contributed by atoms with Gasteiger partial charge in [-0.3, -0.25) is 34.3 Å². The highest BCUT2D eigenvalue weighted by Gasteiger charge is 2.60. The summed E-state index contributed by atoms with van der Waals surface area (Å²) in [5.41, 5.74) is 5.97. The van der Waals surface area contributed by atoms with Gasteiger partial charge >= 0.3 is 6.18 Å². The van der Waals surface area contributed by atoms with Gasteiger partial charge in [-0.05, 0) is 138 Å². The number of hydrogen-bond donors (Lipinski definition) is 4. The fourth-order valence-corrected chi connectivity index (χ4v) is 9.16. The van der Waals surface area contributed by atoms with Gasteiger partial charge in [0.2, 0.25) is 17.7 Å². The van der Waals surface area contributed by atoms with Gasteiger partial charge in [0.15, 0.2) is 5.11 Å². The molecule has 2 unspecified atom stereocenters. The van der Waals surface area contributed by atoms with Crippen molar-refractivity contribution >= 4 is 69.5 Å². The number of hydrogen-bond acceptors (Lipinski definition) is 10. The summed E-state index contributed by atoms with van der Waals surface area (Å²) in [6.45, 7) is 7.76. The molecule has 0 radical (unpaired) electrons. The number of halogens is 3. The van der Waals surface area contributed by atoms with Crippen molar-refractivity contribution in [2.24, 2.45) is 5.92 Å². The lowest BCUT2D eigenvalue weighted by atomic mass is 9.75. The summed E-state index contributed by atoms with van der Waals surface area (Å²) >= 11 is 5.80. The molecule has 4 aliphatic rings. The molecule has 3 saturated heterocycles. The maximum absolute atomic E-state index is 13.9.